The Labute approximate surface area is 155 Å². The zero-order chi connectivity index (χ0) is 19.8. The topological polar surface area (TPSA) is 58.6 Å². The Hall–Kier alpha value is -2.70. The molecule has 1 amide bonds. The lowest BCUT2D eigenvalue weighted by atomic mass is 9.70. The minimum Gasteiger partial charge on any atom is -0.465 e. The van der Waals surface area contributed by atoms with Gasteiger partial charge in [-0.1, -0.05) is 44.2 Å². The first kappa shape index (κ1) is 19.1. The second-order valence-corrected chi connectivity index (χ2v) is 7.36. The van der Waals surface area contributed by atoms with Crippen LogP contribution in [0, 0.1) is 5.41 Å². The molecule has 0 radical (unpaired) electrons. The highest BCUT2D eigenvalue weighted by Crippen LogP contribution is 2.44. The van der Waals surface area contributed by atoms with Crippen molar-refractivity contribution in [2.75, 3.05) is 0 Å². The second-order valence-electron chi connectivity index (χ2n) is 7.36. The van der Waals surface area contributed by atoms with E-state index in [2.05, 4.69) is 10.1 Å². The number of fused-ring (bicyclic) bond motifs is 1. The number of ether oxygens (including phenoxy) is 1. The molecule has 7 heteroatoms. The maximum absolute atomic E-state index is 12.4. The number of alkyl halides is 3. The molecular formula is C20H20F3NO3. The summed E-state index contributed by atoms with van der Waals surface area (Å²) in [5, 5.41) is 11.8. The average Bonchev–Trinajstić information content (AvgIpc) is 2.55. The maximum Gasteiger partial charge on any atom is 0.573 e. The third-order valence-electron chi connectivity index (χ3n) is 4.94. The molecule has 0 aliphatic heterocycles. The van der Waals surface area contributed by atoms with E-state index in [1.54, 1.807) is 12.1 Å². The summed E-state index contributed by atoms with van der Waals surface area (Å²) < 4.78 is 41.3. The Bertz CT molecular complexity index is 862. The van der Waals surface area contributed by atoms with Crippen LogP contribution in [0.4, 0.5) is 18.0 Å². The fraction of sp³-hybridized carbons (Fsp3) is 0.350. The number of hydrogen-bond donors (Lipinski definition) is 2. The van der Waals surface area contributed by atoms with Crippen LogP contribution >= 0.6 is 0 Å². The minimum absolute atomic E-state index is 0.229. The van der Waals surface area contributed by atoms with Gasteiger partial charge in [-0.25, -0.2) is 4.79 Å². The van der Waals surface area contributed by atoms with Gasteiger partial charge < -0.3 is 15.2 Å². The van der Waals surface area contributed by atoms with Gasteiger partial charge in [0, 0.05) is 0 Å². The Kier molecular flexibility index (Phi) is 4.80. The van der Waals surface area contributed by atoms with Crippen LogP contribution in [0.25, 0.3) is 11.1 Å². The molecule has 1 aliphatic carbocycles. The standard InChI is InChI=1S/C20H20F3NO3/c1-19(2)9-8-14-10-13(6-7-16(14)17(19)24-18(25)26)12-4-3-5-15(11-12)27-20(21,22)23/h3-7,10-11,17,24H,8-9H2,1-2H3,(H,25,26). The third kappa shape index (κ3) is 4.35. The fourth-order valence-corrected chi connectivity index (χ4v) is 3.57. The molecule has 1 aliphatic rings. The molecule has 0 saturated carbocycles. The normalized spacial score (nSPS) is 18.5. The number of hydrogen-bond acceptors (Lipinski definition) is 2. The van der Waals surface area contributed by atoms with Crippen LogP contribution < -0.4 is 10.1 Å². The molecule has 27 heavy (non-hydrogen) atoms. The van der Waals surface area contributed by atoms with E-state index in [4.69, 9.17) is 5.11 Å². The molecule has 4 nitrogen and oxygen atoms in total. The first-order chi connectivity index (χ1) is 12.5. The van der Waals surface area contributed by atoms with Crippen LogP contribution in [0.1, 0.15) is 37.4 Å². The van der Waals surface area contributed by atoms with E-state index in [0.29, 0.717) is 5.56 Å². The van der Waals surface area contributed by atoms with Crippen molar-refractivity contribution in [2.24, 2.45) is 5.41 Å². The number of halogens is 3. The van der Waals surface area contributed by atoms with Gasteiger partial charge in [-0.2, -0.15) is 0 Å². The van der Waals surface area contributed by atoms with Gasteiger partial charge >= 0.3 is 12.5 Å². The molecule has 144 valence electrons. The van der Waals surface area contributed by atoms with Gasteiger partial charge in [0.05, 0.1) is 6.04 Å². The summed E-state index contributed by atoms with van der Waals surface area (Å²) in [4.78, 5) is 11.2. The molecule has 2 N–H and O–H groups in total. The highest BCUT2D eigenvalue weighted by atomic mass is 19.4. The third-order valence-corrected chi connectivity index (χ3v) is 4.94. The minimum atomic E-state index is -4.74. The Morgan fingerprint density at radius 1 is 1.19 bits per heavy atom. The fourth-order valence-electron chi connectivity index (χ4n) is 3.57. The van der Waals surface area contributed by atoms with E-state index in [1.165, 1.54) is 18.2 Å². The van der Waals surface area contributed by atoms with E-state index in [9.17, 15) is 18.0 Å². The number of nitrogens with one attached hydrogen (secondary N) is 1. The molecule has 0 bridgehead atoms. The van der Waals surface area contributed by atoms with Crippen LogP contribution in [0.2, 0.25) is 0 Å². The van der Waals surface area contributed by atoms with Gasteiger partial charge in [-0.05, 0) is 52.6 Å². The highest BCUT2D eigenvalue weighted by molar-refractivity contribution is 5.68. The van der Waals surface area contributed by atoms with Crippen LogP contribution in [0.15, 0.2) is 42.5 Å². The molecule has 0 spiro atoms. The number of amides is 1. The first-order valence-corrected chi connectivity index (χ1v) is 8.54. The van der Waals surface area contributed by atoms with Gasteiger partial charge in [0.15, 0.2) is 0 Å². The first-order valence-electron chi connectivity index (χ1n) is 8.54. The Balaban J connectivity index is 1.95. The monoisotopic (exact) mass is 379 g/mol. The predicted octanol–water partition coefficient (Wildman–Crippen LogP) is 5.53. The summed E-state index contributed by atoms with van der Waals surface area (Å²) in [6, 6.07) is 11.0. The Morgan fingerprint density at radius 2 is 1.89 bits per heavy atom. The smallest absolute Gasteiger partial charge is 0.465 e. The summed E-state index contributed by atoms with van der Waals surface area (Å²) in [6.07, 6.45) is -4.25. The van der Waals surface area contributed by atoms with Crippen molar-refractivity contribution in [3.63, 3.8) is 0 Å². The lowest BCUT2D eigenvalue weighted by molar-refractivity contribution is -0.274. The van der Waals surface area contributed by atoms with Gasteiger partial charge in [-0.3, -0.25) is 0 Å². The lowest BCUT2D eigenvalue weighted by Gasteiger charge is -2.40. The largest absolute Gasteiger partial charge is 0.573 e. The number of aryl methyl sites for hydroxylation is 1. The van der Waals surface area contributed by atoms with E-state index in [0.717, 1.165) is 29.5 Å². The van der Waals surface area contributed by atoms with Gasteiger partial charge in [0.25, 0.3) is 0 Å². The zero-order valence-electron chi connectivity index (χ0n) is 14.9. The van der Waals surface area contributed by atoms with Crippen molar-refractivity contribution in [3.8, 4) is 16.9 Å². The van der Waals surface area contributed by atoms with E-state index in [-0.39, 0.29) is 17.2 Å². The molecule has 0 aromatic heterocycles. The molecule has 2 aromatic carbocycles. The van der Waals surface area contributed by atoms with E-state index < -0.39 is 12.5 Å². The van der Waals surface area contributed by atoms with Crippen molar-refractivity contribution in [2.45, 2.75) is 39.1 Å². The molecule has 1 atom stereocenters. The predicted molar refractivity (Wildman–Crippen MR) is 94.6 cm³/mol. The van der Waals surface area contributed by atoms with Gasteiger partial charge in [0.1, 0.15) is 5.75 Å². The van der Waals surface area contributed by atoms with E-state index in [1.807, 2.05) is 26.0 Å². The van der Waals surface area contributed by atoms with Crippen molar-refractivity contribution in [1.82, 2.24) is 5.32 Å². The Morgan fingerprint density at radius 3 is 2.56 bits per heavy atom. The van der Waals surface area contributed by atoms with Crippen molar-refractivity contribution in [1.29, 1.82) is 0 Å². The highest BCUT2D eigenvalue weighted by Gasteiger charge is 2.37. The average molecular weight is 379 g/mol. The van der Waals surface area contributed by atoms with Gasteiger partial charge in [-0.15, -0.1) is 13.2 Å². The van der Waals surface area contributed by atoms with Crippen molar-refractivity contribution >= 4 is 6.09 Å². The number of carbonyl (C=O) groups is 1. The molecule has 0 heterocycles. The maximum atomic E-state index is 12.4. The number of carboxylic acid groups (broad SMARTS) is 1. The van der Waals surface area contributed by atoms with Crippen molar-refractivity contribution < 1.29 is 27.8 Å². The van der Waals surface area contributed by atoms with Crippen molar-refractivity contribution in [3.05, 3.63) is 53.6 Å². The second kappa shape index (κ2) is 6.79. The number of rotatable bonds is 3. The summed E-state index contributed by atoms with van der Waals surface area (Å²) >= 11 is 0. The SMILES string of the molecule is CC1(C)CCc2cc(-c3cccc(OC(F)(F)F)c3)ccc2C1NC(=O)O. The van der Waals surface area contributed by atoms with Gasteiger partial charge in [0.2, 0.25) is 0 Å². The van der Waals surface area contributed by atoms with Crippen LogP contribution in [0.3, 0.4) is 0 Å². The lowest BCUT2D eigenvalue weighted by Crippen LogP contribution is -2.40. The number of benzene rings is 2. The van der Waals surface area contributed by atoms with Crippen LogP contribution in [0.5, 0.6) is 5.75 Å². The van der Waals surface area contributed by atoms with Crippen LogP contribution in [-0.2, 0) is 6.42 Å². The molecule has 3 rings (SSSR count). The molecular weight excluding hydrogens is 359 g/mol. The molecule has 0 saturated heterocycles. The van der Waals surface area contributed by atoms with E-state index >= 15 is 0 Å². The molecule has 1 unspecified atom stereocenters. The summed E-state index contributed by atoms with van der Waals surface area (Å²) in [5.41, 5.74) is 3.03. The summed E-state index contributed by atoms with van der Waals surface area (Å²) in [5.74, 6) is -0.274. The summed E-state index contributed by atoms with van der Waals surface area (Å²) in [6.45, 7) is 4.03. The molecule has 0 fully saturated rings. The quantitative estimate of drug-likeness (QED) is 0.737. The summed E-state index contributed by atoms with van der Waals surface area (Å²) in [7, 11) is 0. The van der Waals surface area contributed by atoms with Crippen LogP contribution in [-0.4, -0.2) is 17.6 Å². The molecule has 2 aromatic rings. The zero-order valence-corrected chi connectivity index (χ0v) is 14.9.